The van der Waals surface area contributed by atoms with Gasteiger partial charge in [0.15, 0.2) is 6.04 Å². The number of rotatable bonds is 6. The number of carboxylic acid groups (broad SMARTS) is 1. The van der Waals surface area contributed by atoms with Crippen LogP contribution in [0.1, 0.15) is 40.7 Å². The molecule has 154 valence electrons. The Labute approximate surface area is 178 Å². The molecule has 1 amide bonds. The molecule has 4 rings (SSSR count). The number of hydrogen-bond donors (Lipinski definition) is 1. The van der Waals surface area contributed by atoms with Crippen LogP contribution in [0.5, 0.6) is 0 Å². The van der Waals surface area contributed by atoms with Gasteiger partial charge in [-0.05, 0) is 36.1 Å². The molecule has 30 heavy (non-hydrogen) atoms. The fourth-order valence-electron chi connectivity index (χ4n) is 3.96. The Morgan fingerprint density at radius 3 is 2.23 bits per heavy atom. The first-order chi connectivity index (χ1) is 14.5. The quantitative estimate of drug-likeness (QED) is 0.614. The van der Waals surface area contributed by atoms with E-state index in [-0.39, 0.29) is 19.1 Å². The number of amides is 1. The summed E-state index contributed by atoms with van der Waals surface area (Å²) in [4.78, 5) is 30.3. The lowest BCUT2D eigenvalue weighted by Crippen LogP contribution is -2.39. The van der Waals surface area contributed by atoms with Crippen molar-refractivity contribution in [1.82, 2.24) is 9.88 Å². The second-order valence-corrected chi connectivity index (χ2v) is 8.05. The van der Waals surface area contributed by atoms with Gasteiger partial charge in [-0.2, -0.15) is 0 Å². The SMILES string of the molecule is CCN(C(=O)OCC1c2ccccc2-c2ccccc21)C(C(=O)O)c1nc(C)cs1. The van der Waals surface area contributed by atoms with Gasteiger partial charge in [0.2, 0.25) is 0 Å². The highest BCUT2D eigenvalue weighted by atomic mass is 32.1. The predicted octanol–water partition coefficient (Wildman–Crippen LogP) is 4.85. The zero-order valence-corrected chi connectivity index (χ0v) is 17.6. The molecular formula is C23H22N2O4S. The molecule has 1 aromatic heterocycles. The third-order valence-electron chi connectivity index (χ3n) is 5.33. The first-order valence-corrected chi connectivity index (χ1v) is 10.7. The fourth-order valence-corrected chi connectivity index (χ4v) is 4.86. The van der Waals surface area contributed by atoms with E-state index in [9.17, 15) is 14.7 Å². The van der Waals surface area contributed by atoms with Crippen LogP contribution in [0.25, 0.3) is 11.1 Å². The summed E-state index contributed by atoms with van der Waals surface area (Å²) >= 11 is 1.23. The molecule has 1 unspecified atom stereocenters. The number of carbonyl (C=O) groups excluding carboxylic acids is 1. The molecule has 0 saturated carbocycles. The van der Waals surface area contributed by atoms with E-state index in [0.29, 0.717) is 5.01 Å². The minimum Gasteiger partial charge on any atom is -0.479 e. The molecule has 1 aliphatic carbocycles. The van der Waals surface area contributed by atoms with Gasteiger partial charge in [0.1, 0.15) is 11.6 Å². The first kappa shape index (κ1) is 20.1. The Kier molecular flexibility index (Phi) is 5.55. The summed E-state index contributed by atoms with van der Waals surface area (Å²) in [5.41, 5.74) is 5.23. The highest BCUT2D eigenvalue weighted by Crippen LogP contribution is 2.44. The van der Waals surface area contributed by atoms with Gasteiger partial charge in [-0.15, -0.1) is 11.3 Å². The molecule has 0 bridgehead atoms. The van der Waals surface area contributed by atoms with E-state index in [4.69, 9.17) is 4.74 Å². The van der Waals surface area contributed by atoms with Crippen LogP contribution in [-0.2, 0) is 9.53 Å². The van der Waals surface area contributed by atoms with Crippen LogP contribution in [0.3, 0.4) is 0 Å². The Hall–Kier alpha value is -3.19. The number of carbonyl (C=O) groups is 2. The third-order valence-corrected chi connectivity index (χ3v) is 6.34. The zero-order chi connectivity index (χ0) is 21.3. The Bertz CT molecular complexity index is 1050. The van der Waals surface area contributed by atoms with Gasteiger partial charge in [0.25, 0.3) is 0 Å². The normalized spacial score (nSPS) is 13.4. The number of carboxylic acids is 1. The highest BCUT2D eigenvalue weighted by molar-refractivity contribution is 7.09. The number of aliphatic carboxylic acids is 1. The summed E-state index contributed by atoms with van der Waals surface area (Å²) in [6.45, 7) is 3.87. The van der Waals surface area contributed by atoms with E-state index in [1.165, 1.54) is 16.2 Å². The molecule has 1 N–H and O–H groups in total. The molecule has 6 nitrogen and oxygen atoms in total. The highest BCUT2D eigenvalue weighted by Gasteiger charge is 2.35. The summed E-state index contributed by atoms with van der Waals surface area (Å²) in [5.74, 6) is -1.20. The Balaban J connectivity index is 1.56. The molecule has 0 aliphatic heterocycles. The molecule has 0 spiro atoms. The predicted molar refractivity (Wildman–Crippen MR) is 115 cm³/mol. The van der Waals surface area contributed by atoms with Gasteiger partial charge >= 0.3 is 12.1 Å². The maximum absolute atomic E-state index is 12.9. The minimum absolute atomic E-state index is 0.0783. The minimum atomic E-state index is -1.16. The number of aryl methyl sites for hydroxylation is 1. The van der Waals surface area contributed by atoms with Gasteiger partial charge in [-0.3, -0.25) is 4.90 Å². The van der Waals surface area contributed by atoms with Crippen LogP contribution in [0.15, 0.2) is 53.9 Å². The van der Waals surface area contributed by atoms with Crippen LogP contribution in [0.4, 0.5) is 4.79 Å². The van der Waals surface area contributed by atoms with E-state index in [2.05, 4.69) is 17.1 Å². The van der Waals surface area contributed by atoms with Crippen molar-refractivity contribution in [3.8, 4) is 11.1 Å². The lowest BCUT2D eigenvalue weighted by Gasteiger charge is -2.26. The summed E-state index contributed by atoms with van der Waals surface area (Å²) < 4.78 is 5.65. The van der Waals surface area contributed by atoms with Crippen LogP contribution in [0.2, 0.25) is 0 Å². The number of benzene rings is 2. The van der Waals surface area contributed by atoms with Gasteiger partial charge in [0.05, 0.1) is 0 Å². The Morgan fingerprint density at radius 1 is 1.13 bits per heavy atom. The van der Waals surface area contributed by atoms with Gasteiger partial charge < -0.3 is 9.84 Å². The first-order valence-electron chi connectivity index (χ1n) is 9.77. The van der Waals surface area contributed by atoms with Crippen molar-refractivity contribution in [2.24, 2.45) is 0 Å². The van der Waals surface area contributed by atoms with Crippen LogP contribution < -0.4 is 0 Å². The smallest absolute Gasteiger partial charge is 0.410 e. The third kappa shape index (κ3) is 3.57. The summed E-state index contributed by atoms with van der Waals surface area (Å²) in [6, 6.07) is 15.0. The molecule has 7 heteroatoms. The molecule has 1 heterocycles. The molecule has 0 fully saturated rings. The lowest BCUT2D eigenvalue weighted by atomic mass is 9.98. The molecule has 1 aliphatic rings. The second kappa shape index (κ2) is 8.28. The van der Waals surface area contributed by atoms with Crippen molar-refractivity contribution in [3.05, 3.63) is 75.7 Å². The van der Waals surface area contributed by atoms with Crippen LogP contribution >= 0.6 is 11.3 Å². The molecule has 3 aromatic rings. The van der Waals surface area contributed by atoms with E-state index in [1.54, 1.807) is 19.2 Å². The van der Waals surface area contributed by atoms with Crippen molar-refractivity contribution in [3.63, 3.8) is 0 Å². The van der Waals surface area contributed by atoms with E-state index in [1.807, 2.05) is 36.4 Å². The molecule has 2 aromatic carbocycles. The fraction of sp³-hybridized carbons (Fsp3) is 0.261. The summed E-state index contributed by atoms with van der Waals surface area (Å²) in [6.07, 6.45) is -0.653. The van der Waals surface area contributed by atoms with Crippen molar-refractivity contribution in [1.29, 1.82) is 0 Å². The van der Waals surface area contributed by atoms with Crippen molar-refractivity contribution >= 4 is 23.4 Å². The average molecular weight is 423 g/mol. The number of aromatic nitrogens is 1. The van der Waals surface area contributed by atoms with Crippen molar-refractivity contribution in [2.75, 3.05) is 13.2 Å². The standard InChI is InChI=1S/C23H22N2O4S/c1-3-25(20(22(26)27)21-24-14(2)13-30-21)23(28)29-12-19-17-10-6-4-8-15(17)16-9-5-7-11-18(16)19/h4-11,13,19-20H,3,12H2,1-2H3,(H,26,27). The number of likely N-dealkylation sites (N-methyl/N-ethyl adjacent to an activating group) is 1. The second-order valence-electron chi connectivity index (χ2n) is 7.16. The Morgan fingerprint density at radius 2 is 1.73 bits per heavy atom. The summed E-state index contributed by atoms with van der Waals surface area (Å²) in [7, 11) is 0. The average Bonchev–Trinajstić information content (AvgIpc) is 3.31. The molecule has 0 saturated heterocycles. The van der Waals surface area contributed by atoms with E-state index >= 15 is 0 Å². The van der Waals surface area contributed by atoms with Crippen LogP contribution in [-0.4, -0.2) is 40.2 Å². The summed E-state index contributed by atoms with van der Waals surface area (Å²) in [5, 5.41) is 11.9. The lowest BCUT2D eigenvalue weighted by molar-refractivity contribution is -0.143. The number of thiazole rings is 1. The number of fused-ring (bicyclic) bond motifs is 3. The maximum atomic E-state index is 12.9. The monoisotopic (exact) mass is 422 g/mol. The van der Waals surface area contributed by atoms with Gasteiger partial charge in [0, 0.05) is 23.5 Å². The molecule has 1 atom stereocenters. The number of nitrogens with zero attached hydrogens (tertiary/aromatic N) is 2. The van der Waals surface area contributed by atoms with Crippen molar-refractivity contribution < 1.29 is 19.4 Å². The number of ether oxygens (including phenoxy) is 1. The zero-order valence-electron chi connectivity index (χ0n) is 16.7. The largest absolute Gasteiger partial charge is 0.479 e. The van der Waals surface area contributed by atoms with Gasteiger partial charge in [-0.25, -0.2) is 14.6 Å². The maximum Gasteiger partial charge on any atom is 0.410 e. The number of hydrogen-bond acceptors (Lipinski definition) is 5. The van der Waals surface area contributed by atoms with Crippen molar-refractivity contribution in [2.45, 2.75) is 25.8 Å². The van der Waals surface area contributed by atoms with Crippen LogP contribution in [0, 0.1) is 6.92 Å². The molecular weight excluding hydrogens is 400 g/mol. The van der Waals surface area contributed by atoms with E-state index < -0.39 is 18.1 Å². The van der Waals surface area contributed by atoms with E-state index in [0.717, 1.165) is 27.9 Å². The topological polar surface area (TPSA) is 79.7 Å². The molecule has 0 radical (unpaired) electrons. The van der Waals surface area contributed by atoms with Gasteiger partial charge in [-0.1, -0.05) is 48.5 Å².